The predicted octanol–water partition coefficient (Wildman–Crippen LogP) is 3.85. The lowest BCUT2D eigenvalue weighted by Crippen LogP contribution is -2.17. The van der Waals surface area contributed by atoms with Crippen molar-refractivity contribution < 1.29 is 19.1 Å². The van der Waals surface area contributed by atoms with E-state index < -0.39 is 0 Å². The van der Waals surface area contributed by atoms with Gasteiger partial charge in [0.25, 0.3) is 5.91 Å². The molecule has 0 heterocycles. The number of rotatable bonds is 7. The van der Waals surface area contributed by atoms with Gasteiger partial charge in [-0.2, -0.15) is 0 Å². The van der Waals surface area contributed by atoms with Crippen LogP contribution in [-0.4, -0.2) is 31.6 Å². The molecular weight excluding hydrogens is 344 g/mol. The second kappa shape index (κ2) is 9.19. The number of nitrogens with one attached hydrogen (secondary N) is 2. The van der Waals surface area contributed by atoms with Crippen molar-refractivity contribution >= 4 is 23.2 Å². The van der Waals surface area contributed by atoms with E-state index in [-0.39, 0.29) is 18.4 Å². The van der Waals surface area contributed by atoms with Gasteiger partial charge < -0.3 is 20.1 Å². The first kappa shape index (κ1) is 18.9. The molecule has 1 saturated carbocycles. The van der Waals surface area contributed by atoms with Crippen LogP contribution in [0.4, 0.5) is 11.4 Å². The highest BCUT2D eigenvalue weighted by Gasteiger charge is 2.16. The van der Waals surface area contributed by atoms with Crippen LogP contribution < -0.4 is 15.4 Å². The molecule has 1 aliphatic carbocycles. The second-order valence-electron chi connectivity index (χ2n) is 6.56. The van der Waals surface area contributed by atoms with E-state index in [9.17, 15) is 9.59 Å². The number of methoxy groups -OCH3 is 1. The largest absolute Gasteiger partial charge is 0.490 e. The third kappa shape index (κ3) is 5.56. The van der Waals surface area contributed by atoms with E-state index in [1.165, 1.54) is 20.0 Å². The first-order chi connectivity index (χ1) is 13.1. The van der Waals surface area contributed by atoms with E-state index in [0.717, 1.165) is 18.6 Å². The van der Waals surface area contributed by atoms with Crippen LogP contribution in [0.1, 0.15) is 36.0 Å². The van der Waals surface area contributed by atoms with Gasteiger partial charge in [-0.25, -0.2) is 0 Å². The molecule has 3 rings (SSSR count). The van der Waals surface area contributed by atoms with E-state index in [4.69, 9.17) is 9.47 Å². The lowest BCUT2D eigenvalue weighted by molar-refractivity contribution is -0.119. The lowest BCUT2D eigenvalue weighted by atomic mass is 10.2. The second-order valence-corrected chi connectivity index (χ2v) is 6.56. The van der Waals surface area contributed by atoms with Gasteiger partial charge in [-0.1, -0.05) is 0 Å². The summed E-state index contributed by atoms with van der Waals surface area (Å²) in [5.74, 6) is 0.377. The van der Waals surface area contributed by atoms with Gasteiger partial charge in [-0.3, -0.25) is 9.59 Å². The summed E-state index contributed by atoms with van der Waals surface area (Å²) >= 11 is 0. The maximum Gasteiger partial charge on any atom is 0.255 e. The molecule has 2 amide bonds. The van der Waals surface area contributed by atoms with Gasteiger partial charge >= 0.3 is 0 Å². The fourth-order valence-electron chi connectivity index (χ4n) is 3.05. The molecule has 0 bridgehead atoms. The van der Waals surface area contributed by atoms with Crippen molar-refractivity contribution in [3.63, 3.8) is 0 Å². The minimum Gasteiger partial charge on any atom is -0.490 e. The molecule has 6 nitrogen and oxygen atoms in total. The molecule has 0 unspecified atom stereocenters. The van der Waals surface area contributed by atoms with Crippen molar-refractivity contribution in [1.29, 1.82) is 0 Å². The number of amides is 2. The monoisotopic (exact) mass is 368 g/mol. The van der Waals surface area contributed by atoms with Gasteiger partial charge in [-0.15, -0.1) is 0 Å². The molecule has 0 spiro atoms. The molecule has 6 heteroatoms. The number of carbonyl (C=O) groups is 2. The summed E-state index contributed by atoms with van der Waals surface area (Å²) in [6, 6.07) is 14.1. The zero-order chi connectivity index (χ0) is 19.1. The Morgan fingerprint density at radius 2 is 1.52 bits per heavy atom. The van der Waals surface area contributed by atoms with E-state index in [2.05, 4.69) is 10.6 Å². The Hall–Kier alpha value is -2.86. The molecule has 1 fully saturated rings. The summed E-state index contributed by atoms with van der Waals surface area (Å²) in [5.41, 5.74) is 1.85. The molecule has 0 atom stereocenters. The Bertz CT molecular complexity index is 766. The number of ether oxygens (including phenoxy) is 2. The van der Waals surface area contributed by atoms with Crippen LogP contribution in [0, 0.1) is 0 Å². The molecule has 2 aromatic carbocycles. The van der Waals surface area contributed by atoms with E-state index in [1.54, 1.807) is 36.4 Å². The minimum atomic E-state index is -0.228. The van der Waals surface area contributed by atoms with Gasteiger partial charge in [0, 0.05) is 24.0 Å². The Labute approximate surface area is 158 Å². The van der Waals surface area contributed by atoms with Gasteiger partial charge in [0.2, 0.25) is 5.91 Å². The quantitative estimate of drug-likeness (QED) is 0.778. The van der Waals surface area contributed by atoms with E-state index in [0.29, 0.717) is 23.0 Å². The SMILES string of the molecule is COCC(=O)Nc1ccc(NC(=O)c2ccc(OC3CCCC3)cc2)cc1. The molecule has 0 aliphatic heterocycles. The average molecular weight is 368 g/mol. The number of benzene rings is 2. The first-order valence-corrected chi connectivity index (χ1v) is 9.11. The Morgan fingerprint density at radius 1 is 0.926 bits per heavy atom. The molecule has 142 valence electrons. The average Bonchev–Trinajstić information content (AvgIpc) is 3.17. The van der Waals surface area contributed by atoms with Crippen LogP contribution in [0.25, 0.3) is 0 Å². The van der Waals surface area contributed by atoms with Crippen LogP contribution in [0.5, 0.6) is 5.75 Å². The zero-order valence-electron chi connectivity index (χ0n) is 15.4. The minimum absolute atomic E-state index is 0.00105. The maximum atomic E-state index is 12.4. The fraction of sp³-hybridized carbons (Fsp3) is 0.333. The van der Waals surface area contributed by atoms with Crippen LogP contribution in [0.15, 0.2) is 48.5 Å². The molecule has 0 saturated heterocycles. The molecule has 0 aromatic heterocycles. The van der Waals surface area contributed by atoms with Crippen LogP contribution in [-0.2, 0) is 9.53 Å². The fourth-order valence-corrected chi connectivity index (χ4v) is 3.05. The third-order valence-corrected chi connectivity index (χ3v) is 4.42. The third-order valence-electron chi connectivity index (χ3n) is 4.42. The zero-order valence-corrected chi connectivity index (χ0v) is 15.4. The van der Waals surface area contributed by atoms with Gasteiger partial charge in [-0.05, 0) is 74.2 Å². The van der Waals surface area contributed by atoms with Gasteiger partial charge in [0.1, 0.15) is 12.4 Å². The van der Waals surface area contributed by atoms with E-state index >= 15 is 0 Å². The molecule has 2 aromatic rings. The summed E-state index contributed by atoms with van der Waals surface area (Å²) in [6.45, 7) is -0.00105. The van der Waals surface area contributed by atoms with Gasteiger partial charge in [0.05, 0.1) is 6.10 Å². The van der Waals surface area contributed by atoms with Gasteiger partial charge in [0.15, 0.2) is 0 Å². The normalized spacial score (nSPS) is 14.0. The Morgan fingerprint density at radius 3 is 2.11 bits per heavy atom. The van der Waals surface area contributed by atoms with Crippen LogP contribution >= 0.6 is 0 Å². The van der Waals surface area contributed by atoms with Crippen molar-refractivity contribution in [2.45, 2.75) is 31.8 Å². The smallest absolute Gasteiger partial charge is 0.255 e. The summed E-state index contributed by atoms with van der Waals surface area (Å²) in [5, 5.41) is 5.54. The summed E-state index contributed by atoms with van der Waals surface area (Å²) < 4.78 is 10.7. The Balaban J connectivity index is 1.54. The number of hydrogen-bond donors (Lipinski definition) is 2. The maximum absolute atomic E-state index is 12.4. The number of carbonyl (C=O) groups excluding carboxylic acids is 2. The van der Waals surface area contributed by atoms with Crippen LogP contribution in [0.3, 0.4) is 0 Å². The molecular formula is C21H24N2O4. The lowest BCUT2D eigenvalue weighted by Gasteiger charge is -2.13. The molecule has 1 aliphatic rings. The van der Waals surface area contributed by atoms with Crippen molar-refractivity contribution in [3.8, 4) is 5.75 Å². The van der Waals surface area contributed by atoms with Crippen molar-refractivity contribution in [1.82, 2.24) is 0 Å². The standard InChI is InChI=1S/C21H24N2O4/c1-26-14-20(24)22-16-8-10-17(11-9-16)23-21(25)15-6-12-19(13-7-15)27-18-4-2-3-5-18/h6-13,18H,2-5,14H2,1H3,(H,22,24)(H,23,25). The molecule has 2 N–H and O–H groups in total. The van der Waals surface area contributed by atoms with Crippen molar-refractivity contribution in [2.75, 3.05) is 24.4 Å². The van der Waals surface area contributed by atoms with Crippen LogP contribution in [0.2, 0.25) is 0 Å². The van der Waals surface area contributed by atoms with Crippen molar-refractivity contribution in [2.24, 2.45) is 0 Å². The number of hydrogen-bond acceptors (Lipinski definition) is 4. The number of anilines is 2. The highest BCUT2D eigenvalue weighted by Crippen LogP contribution is 2.24. The molecule has 0 radical (unpaired) electrons. The topological polar surface area (TPSA) is 76.7 Å². The predicted molar refractivity (Wildman–Crippen MR) is 104 cm³/mol. The summed E-state index contributed by atoms with van der Waals surface area (Å²) in [7, 11) is 1.46. The summed E-state index contributed by atoms with van der Waals surface area (Å²) in [6.07, 6.45) is 4.95. The molecule has 27 heavy (non-hydrogen) atoms. The van der Waals surface area contributed by atoms with Crippen molar-refractivity contribution in [3.05, 3.63) is 54.1 Å². The highest BCUT2D eigenvalue weighted by atomic mass is 16.5. The summed E-state index contributed by atoms with van der Waals surface area (Å²) in [4.78, 5) is 23.9. The highest BCUT2D eigenvalue weighted by molar-refractivity contribution is 6.04. The Kier molecular flexibility index (Phi) is 6.44. The first-order valence-electron chi connectivity index (χ1n) is 9.11. The van der Waals surface area contributed by atoms with E-state index in [1.807, 2.05) is 12.1 Å².